The van der Waals surface area contributed by atoms with Crippen LogP contribution in [0.5, 0.6) is 5.75 Å². The van der Waals surface area contributed by atoms with Crippen LogP contribution in [0.15, 0.2) is 24.3 Å². The Hall–Kier alpha value is -1.49. The van der Waals surface area contributed by atoms with Gasteiger partial charge in [0.2, 0.25) is 0 Å². The zero-order valence-electron chi connectivity index (χ0n) is 7.58. The summed E-state index contributed by atoms with van der Waals surface area (Å²) < 4.78 is 5.47. The maximum Gasteiger partial charge on any atom is 0.124 e. The molecule has 1 heterocycles. The van der Waals surface area contributed by atoms with Crippen molar-refractivity contribution in [1.29, 1.82) is 5.26 Å². The molecule has 0 aliphatic carbocycles. The summed E-state index contributed by atoms with van der Waals surface area (Å²) in [6, 6.07) is 10.1. The van der Waals surface area contributed by atoms with Crippen LogP contribution in [0.1, 0.15) is 18.9 Å². The van der Waals surface area contributed by atoms with Gasteiger partial charge in [0.1, 0.15) is 5.75 Å². The van der Waals surface area contributed by atoms with Crippen molar-refractivity contribution in [3.05, 3.63) is 29.8 Å². The van der Waals surface area contributed by atoms with E-state index in [1.165, 1.54) is 0 Å². The fourth-order valence-corrected chi connectivity index (χ4v) is 1.66. The van der Waals surface area contributed by atoms with E-state index in [0.717, 1.165) is 17.7 Å². The second kappa shape index (κ2) is 2.77. The molecular formula is C11H11NO. The van der Waals surface area contributed by atoms with Crippen LogP contribution in [0.3, 0.4) is 0 Å². The normalized spacial score (nSPS) is 25.5. The first kappa shape index (κ1) is 8.12. The highest BCUT2D eigenvalue weighted by molar-refractivity contribution is 5.44. The number of nitriles is 1. The number of fused-ring (bicyclic) bond motifs is 1. The lowest BCUT2D eigenvalue weighted by Gasteiger charge is -2.29. The summed E-state index contributed by atoms with van der Waals surface area (Å²) in [6.45, 7) is 2.61. The summed E-state index contributed by atoms with van der Waals surface area (Å²) in [4.78, 5) is 0. The van der Waals surface area contributed by atoms with Crippen molar-refractivity contribution in [3.63, 3.8) is 0 Å². The Kier molecular flexibility index (Phi) is 1.73. The SMILES string of the molecule is CC1(C#N)CCOc2ccccc21. The van der Waals surface area contributed by atoms with Gasteiger partial charge in [0.15, 0.2) is 0 Å². The number of ether oxygens (including phenoxy) is 1. The van der Waals surface area contributed by atoms with E-state index in [1.54, 1.807) is 0 Å². The molecule has 0 saturated heterocycles. The molecule has 0 radical (unpaired) electrons. The lowest BCUT2D eigenvalue weighted by molar-refractivity contribution is 0.250. The molecule has 1 aromatic carbocycles. The molecule has 2 rings (SSSR count). The van der Waals surface area contributed by atoms with Crippen molar-refractivity contribution in [3.8, 4) is 11.8 Å². The highest BCUT2D eigenvalue weighted by Gasteiger charge is 2.32. The minimum atomic E-state index is -0.366. The van der Waals surface area contributed by atoms with E-state index >= 15 is 0 Å². The van der Waals surface area contributed by atoms with Crippen LogP contribution in [0.2, 0.25) is 0 Å². The van der Waals surface area contributed by atoms with Gasteiger partial charge < -0.3 is 4.74 Å². The molecule has 1 aliphatic rings. The number of nitrogens with zero attached hydrogens (tertiary/aromatic N) is 1. The quantitative estimate of drug-likeness (QED) is 0.602. The zero-order chi connectivity index (χ0) is 9.31. The van der Waals surface area contributed by atoms with Crippen molar-refractivity contribution in [2.45, 2.75) is 18.8 Å². The minimum Gasteiger partial charge on any atom is -0.493 e. The molecule has 0 saturated carbocycles. The second-order valence-corrected chi connectivity index (χ2v) is 3.54. The van der Waals surface area contributed by atoms with Gasteiger partial charge in [0, 0.05) is 12.0 Å². The Morgan fingerprint density at radius 3 is 3.00 bits per heavy atom. The number of benzene rings is 1. The Balaban J connectivity index is 2.56. The van der Waals surface area contributed by atoms with Gasteiger partial charge in [-0.1, -0.05) is 18.2 Å². The van der Waals surface area contributed by atoms with Gasteiger partial charge in [-0.15, -0.1) is 0 Å². The number of hydrogen-bond acceptors (Lipinski definition) is 2. The average Bonchev–Trinajstić information content (AvgIpc) is 2.19. The molecule has 0 aromatic heterocycles. The van der Waals surface area contributed by atoms with E-state index in [4.69, 9.17) is 10.00 Å². The first-order valence-corrected chi connectivity index (χ1v) is 4.40. The molecule has 0 N–H and O–H groups in total. The highest BCUT2D eigenvalue weighted by Crippen LogP contribution is 2.37. The minimum absolute atomic E-state index is 0.366. The Morgan fingerprint density at radius 1 is 1.46 bits per heavy atom. The summed E-state index contributed by atoms with van der Waals surface area (Å²) in [5, 5.41) is 9.09. The van der Waals surface area contributed by atoms with E-state index in [1.807, 2.05) is 31.2 Å². The van der Waals surface area contributed by atoms with Crippen LogP contribution in [0.25, 0.3) is 0 Å². The fraction of sp³-hybridized carbons (Fsp3) is 0.364. The van der Waals surface area contributed by atoms with Gasteiger partial charge >= 0.3 is 0 Å². The topological polar surface area (TPSA) is 33.0 Å². The number of hydrogen-bond donors (Lipinski definition) is 0. The van der Waals surface area contributed by atoms with E-state index in [9.17, 15) is 0 Å². The largest absolute Gasteiger partial charge is 0.493 e. The predicted octanol–water partition coefficient (Wildman–Crippen LogP) is 2.25. The summed E-state index contributed by atoms with van der Waals surface area (Å²) in [6.07, 6.45) is 0.778. The van der Waals surface area contributed by atoms with Crippen molar-refractivity contribution in [1.82, 2.24) is 0 Å². The van der Waals surface area contributed by atoms with Gasteiger partial charge in [-0.25, -0.2) is 0 Å². The Morgan fingerprint density at radius 2 is 2.23 bits per heavy atom. The molecule has 1 aromatic rings. The third kappa shape index (κ3) is 1.17. The molecule has 0 bridgehead atoms. The van der Waals surface area contributed by atoms with Crippen LogP contribution in [-0.4, -0.2) is 6.61 Å². The molecule has 0 spiro atoms. The predicted molar refractivity (Wildman–Crippen MR) is 49.5 cm³/mol. The monoisotopic (exact) mass is 173 g/mol. The molecule has 2 nitrogen and oxygen atoms in total. The Labute approximate surface area is 77.8 Å². The van der Waals surface area contributed by atoms with E-state index in [-0.39, 0.29) is 5.41 Å². The molecule has 0 fully saturated rings. The van der Waals surface area contributed by atoms with Crippen molar-refractivity contribution >= 4 is 0 Å². The first-order chi connectivity index (χ1) is 6.26. The Bertz CT molecular complexity index is 367. The van der Waals surface area contributed by atoms with Crippen LogP contribution in [0, 0.1) is 11.3 Å². The van der Waals surface area contributed by atoms with Gasteiger partial charge in [-0.05, 0) is 13.0 Å². The highest BCUT2D eigenvalue weighted by atomic mass is 16.5. The van der Waals surface area contributed by atoms with Gasteiger partial charge in [0.25, 0.3) is 0 Å². The van der Waals surface area contributed by atoms with Gasteiger partial charge in [-0.2, -0.15) is 5.26 Å². The van der Waals surface area contributed by atoms with Crippen LogP contribution in [-0.2, 0) is 5.41 Å². The summed E-state index contributed by atoms with van der Waals surface area (Å²) in [7, 11) is 0. The summed E-state index contributed by atoms with van der Waals surface area (Å²) in [5.74, 6) is 0.859. The zero-order valence-corrected chi connectivity index (χ0v) is 7.58. The maximum absolute atomic E-state index is 9.09. The summed E-state index contributed by atoms with van der Waals surface area (Å²) in [5.41, 5.74) is 0.651. The third-order valence-electron chi connectivity index (χ3n) is 2.59. The average molecular weight is 173 g/mol. The van der Waals surface area contributed by atoms with E-state index < -0.39 is 0 Å². The molecule has 66 valence electrons. The van der Waals surface area contributed by atoms with Crippen molar-refractivity contribution in [2.24, 2.45) is 0 Å². The fourth-order valence-electron chi connectivity index (χ4n) is 1.66. The lowest BCUT2D eigenvalue weighted by Crippen LogP contribution is -2.28. The standard InChI is InChI=1S/C11H11NO/c1-11(8-12)6-7-13-10-5-3-2-4-9(10)11/h2-5H,6-7H2,1H3. The molecule has 1 aliphatic heterocycles. The summed E-state index contributed by atoms with van der Waals surface area (Å²) >= 11 is 0. The number of para-hydroxylation sites is 1. The van der Waals surface area contributed by atoms with Crippen molar-refractivity contribution in [2.75, 3.05) is 6.61 Å². The molecule has 2 heteroatoms. The van der Waals surface area contributed by atoms with Crippen LogP contribution >= 0.6 is 0 Å². The third-order valence-corrected chi connectivity index (χ3v) is 2.59. The molecule has 1 unspecified atom stereocenters. The van der Waals surface area contributed by atoms with E-state index in [2.05, 4.69) is 6.07 Å². The van der Waals surface area contributed by atoms with Crippen LogP contribution < -0.4 is 4.74 Å². The van der Waals surface area contributed by atoms with Gasteiger partial charge in [-0.3, -0.25) is 0 Å². The second-order valence-electron chi connectivity index (χ2n) is 3.54. The van der Waals surface area contributed by atoms with Gasteiger partial charge in [0.05, 0.1) is 18.1 Å². The van der Waals surface area contributed by atoms with E-state index in [0.29, 0.717) is 6.61 Å². The number of rotatable bonds is 0. The van der Waals surface area contributed by atoms with Crippen LogP contribution in [0.4, 0.5) is 0 Å². The lowest BCUT2D eigenvalue weighted by atomic mass is 9.79. The molecule has 0 amide bonds. The molecule has 13 heavy (non-hydrogen) atoms. The molecule has 1 atom stereocenters. The van der Waals surface area contributed by atoms with Crippen molar-refractivity contribution < 1.29 is 4.74 Å². The first-order valence-electron chi connectivity index (χ1n) is 4.40. The molecular weight excluding hydrogens is 162 g/mol. The smallest absolute Gasteiger partial charge is 0.124 e. The maximum atomic E-state index is 9.09.